The van der Waals surface area contributed by atoms with Gasteiger partial charge in [0.15, 0.2) is 0 Å². The van der Waals surface area contributed by atoms with Crippen LogP contribution in [-0.2, 0) is 18.4 Å². The second-order valence-electron chi connectivity index (χ2n) is 4.07. The second-order valence-corrected chi connectivity index (χ2v) is 4.07. The monoisotopic (exact) mass is 244 g/mol. The molecule has 0 spiro atoms. The Morgan fingerprint density at radius 2 is 2.11 bits per heavy atom. The van der Waals surface area contributed by atoms with Gasteiger partial charge in [-0.3, -0.25) is 9.48 Å². The van der Waals surface area contributed by atoms with Crippen molar-refractivity contribution in [3.05, 3.63) is 42.1 Å². The van der Waals surface area contributed by atoms with Crippen molar-refractivity contribution in [1.29, 1.82) is 0 Å². The number of hydrogen-bond acceptors (Lipinski definition) is 3. The Labute approximate surface area is 106 Å². The van der Waals surface area contributed by atoms with Crippen LogP contribution in [0.25, 0.3) is 0 Å². The quantitative estimate of drug-likeness (QED) is 0.864. The molecule has 0 aliphatic carbocycles. The van der Waals surface area contributed by atoms with Crippen LogP contribution in [0, 0.1) is 0 Å². The highest BCUT2D eigenvalue weighted by molar-refractivity contribution is 5.89. The molecule has 1 heterocycles. The van der Waals surface area contributed by atoms with Crippen molar-refractivity contribution >= 4 is 17.4 Å². The van der Waals surface area contributed by atoms with Gasteiger partial charge >= 0.3 is 0 Å². The summed E-state index contributed by atoms with van der Waals surface area (Å²) in [5.74, 6) is 0.746. The van der Waals surface area contributed by atoms with Gasteiger partial charge in [-0.05, 0) is 11.6 Å². The van der Waals surface area contributed by atoms with Crippen LogP contribution in [-0.4, -0.2) is 15.7 Å². The molecular weight excluding hydrogens is 228 g/mol. The fourth-order valence-corrected chi connectivity index (χ4v) is 1.68. The van der Waals surface area contributed by atoms with Gasteiger partial charge in [0.1, 0.15) is 5.82 Å². The number of para-hydroxylation sites is 1. The normalized spacial score (nSPS) is 10.1. The first-order chi connectivity index (χ1) is 8.65. The third kappa shape index (κ3) is 3.10. The molecule has 0 unspecified atom stereocenters. The van der Waals surface area contributed by atoms with Gasteiger partial charge in [-0.15, -0.1) is 0 Å². The van der Waals surface area contributed by atoms with Crippen molar-refractivity contribution in [3.63, 3.8) is 0 Å². The van der Waals surface area contributed by atoms with Crippen LogP contribution in [0.3, 0.4) is 0 Å². The molecule has 2 rings (SSSR count). The lowest BCUT2D eigenvalue weighted by Crippen LogP contribution is -2.10. The molecule has 2 aromatic rings. The first kappa shape index (κ1) is 12.2. The van der Waals surface area contributed by atoms with E-state index >= 15 is 0 Å². The van der Waals surface area contributed by atoms with Crippen molar-refractivity contribution in [3.8, 4) is 0 Å². The molecule has 0 bridgehead atoms. The average molecular weight is 244 g/mol. The number of carbonyl (C=O) groups excluding carboxylic acids is 1. The predicted octanol–water partition coefficient (Wildman–Crippen LogP) is 1.99. The summed E-state index contributed by atoms with van der Waals surface area (Å²) in [4.78, 5) is 11.1. The van der Waals surface area contributed by atoms with E-state index in [4.69, 9.17) is 0 Å². The van der Waals surface area contributed by atoms with Crippen molar-refractivity contribution in [2.24, 2.45) is 7.05 Å². The Morgan fingerprint density at radius 1 is 1.33 bits per heavy atom. The number of anilines is 2. The van der Waals surface area contributed by atoms with Crippen LogP contribution in [0.1, 0.15) is 12.5 Å². The molecule has 0 atom stereocenters. The summed E-state index contributed by atoms with van der Waals surface area (Å²) < 4.78 is 1.74. The van der Waals surface area contributed by atoms with Gasteiger partial charge in [0.2, 0.25) is 5.91 Å². The number of amides is 1. The van der Waals surface area contributed by atoms with E-state index in [1.165, 1.54) is 6.92 Å². The Morgan fingerprint density at radius 3 is 2.78 bits per heavy atom. The third-order valence-electron chi connectivity index (χ3n) is 2.50. The van der Waals surface area contributed by atoms with Gasteiger partial charge < -0.3 is 10.6 Å². The fourth-order valence-electron chi connectivity index (χ4n) is 1.68. The van der Waals surface area contributed by atoms with E-state index in [-0.39, 0.29) is 5.91 Å². The Bertz CT molecular complexity index is 547. The first-order valence-electron chi connectivity index (χ1n) is 5.74. The molecule has 0 saturated carbocycles. The highest BCUT2D eigenvalue weighted by Crippen LogP contribution is 2.16. The number of nitrogens with one attached hydrogen (secondary N) is 2. The summed E-state index contributed by atoms with van der Waals surface area (Å²) in [5, 5.41) is 10.3. The van der Waals surface area contributed by atoms with Gasteiger partial charge in [-0.1, -0.05) is 18.2 Å². The second kappa shape index (κ2) is 5.35. The van der Waals surface area contributed by atoms with E-state index < -0.39 is 0 Å². The van der Waals surface area contributed by atoms with E-state index in [2.05, 4.69) is 15.7 Å². The van der Waals surface area contributed by atoms with Crippen LogP contribution in [0.5, 0.6) is 0 Å². The zero-order valence-electron chi connectivity index (χ0n) is 10.5. The minimum Gasteiger partial charge on any atom is -0.364 e. The van der Waals surface area contributed by atoms with Crippen molar-refractivity contribution in [2.75, 3.05) is 10.6 Å². The summed E-state index contributed by atoms with van der Waals surface area (Å²) in [7, 11) is 1.87. The highest BCUT2D eigenvalue weighted by atomic mass is 16.1. The maximum absolute atomic E-state index is 11.1. The third-order valence-corrected chi connectivity index (χ3v) is 2.50. The summed E-state index contributed by atoms with van der Waals surface area (Å²) in [5.41, 5.74) is 1.85. The molecule has 1 amide bonds. The predicted molar refractivity (Wildman–Crippen MR) is 71.3 cm³/mol. The summed E-state index contributed by atoms with van der Waals surface area (Å²) in [6, 6.07) is 9.61. The van der Waals surface area contributed by atoms with Gasteiger partial charge in [-0.25, -0.2) is 0 Å². The van der Waals surface area contributed by atoms with Gasteiger partial charge in [-0.2, -0.15) is 5.10 Å². The number of benzene rings is 1. The zero-order valence-corrected chi connectivity index (χ0v) is 10.5. The van der Waals surface area contributed by atoms with Crippen LogP contribution in [0.2, 0.25) is 0 Å². The standard InChI is InChI=1S/C13H16N4O/c1-10(18)15-12-6-4-3-5-11(12)9-14-13-7-8-17(2)16-13/h3-8H,9H2,1-2H3,(H,14,16)(H,15,18). The van der Waals surface area contributed by atoms with Crippen LogP contribution < -0.4 is 10.6 Å². The topological polar surface area (TPSA) is 59.0 Å². The molecule has 0 fully saturated rings. The molecule has 0 aliphatic heterocycles. The molecule has 2 N–H and O–H groups in total. The lowest BCUT2D eigenvalue weighted by atomic mass is 10.1. The molecule has 0 radical (unpaired) electrons. The molecule has 0 saturated heterocycles. The number of hydrogen-bond donors (Lipinski definition) is 2. The lowest BCUT2D eigenvalue weighted by molar-refractivity contribution is -0.114. The minimum absolute atomic E-state index is 0.0692. The van der Waals surface area contributed by atoms with E-state index in [0.29, 0.717) is 6.54 Å². The maximum Gasteiger partial charge on any atom is 0.221 e. The zero-order chi connectivity index (χ0) is 13.0. The van der Waals surface area contributed by atoms with Crippen molar-refractivity contribution in [1.82, 2.24) is 9.78 Å². The van der Waals surface area contributed by atoms with Gasteiger partial charge in [0, 0.05) is 38.5 Å². The molecule has 0 aliphatic rings. The number of aryl methyl sites for hydroxylation is 1. The average Bonchev–Trinajstić information content (AvgIpc) is 2.73. The van der Waals surface area contributed by atoms with Crippen molar-refractivity contribution in [2.45, 2.75) is 13.5 Å². The largest absolute Gasteiger partial charge is 0.364 e. The van der Waals surface area contributed by atoms with E-state index in [9.17, 15) is 4.79 Å². The van der Waals surface area contributed by atoms with Gasteiger partial charge in [0.25, 0.3) is 0 Å². The SMILES string of the molecule is CC(=O)Nc1ccccc1CNc1ccn(C)n1. The number of aromatic nitrogens is 2. The summed E-state index contributed by atoms with van der Waals surface area (Å²) in [6.45, 7) is 2.12. The smallest absolute Gasteiger partial charge is 0.221 e. The highest BCUT2D eigenvalue weighted by Gasteiger charge is 2.03. The van der Waals surface area contributed by atoms with Crippen LogP contribution >= 0.6 is 0 Å². The van der Waals surface area contributed by atoms with Crippen molar-refractivity contribution < 1.29 is 4.79 Å². The van der Waals surface area contributed by atoms with Gasteiger partial charge in [0.05, 0.1) is 0 Å². The molecule has 5 heteroatoms. The fraction of sp³-hybridized carbons (Fsp3) is 0.231. The Kier molecular flexibility index (Phi) is 3.62. The first-order valence-corrected chi connectivity index (χ1v) is 5.74. The molecular formula is C13H16N4O. The molecule has 1 aromatic heterocycles. The molecule has 5 nitrogen and oxygen atoms in total. The summed E-state index contributed by atoms with van der Waals surface area (Å²) >= 11 is 0. The molecule has 1 aromatic carbocycles. The molecule has 94 valence electrons. The summed E-state index contributed by atoms with van der Waals surface area (Å²) in [6.07, 6.45) is 1.88. The number of carbonyl (C=O) groups is 1. The Balaban J connectivity index is 2.06. The molecule has 18 heavy (non-hydrogen) atoms. The van der Waals surface area contributed by atoms with Crippen LogP contribution in [0.4, 0.5) is 11.5 Å². The lowest BCUT2D eigenvalue weighted by Gasteiger charge is -2.10. The number of rotatable bonds is 4. The number of nitrogens with zero attached hydrogens (tertiary/aromatic N) is 2. The van der Waals surface area contributed by atoms with E-state index in [1.807, 2.05) is 43.6 Å². The van der Waals surface area contributed by atoms with E-state index in [0.717, 1.165) is 17.1 Å². The maximum atomic E-state index is 11.1. The van der Waals surface area contributed by atoms with Crippen LogP contribution in [0.15, 0.2) is 36.5 Å². The minimum atomic E-state index is -0.0692. The van der Waals surface area contributed by atoms with E-state index in [1.54, 1.807) is 4.68 Å². The Hall–Kier alpha value is -2.30.